The summed E-state index contributed by atoms with van der Waals surface area (Å²) < 4.78 is 23.1. The number of aliphatic hydroxyl groups is 1. The number of likely N-dealkylation sites (N-methyl/N-ethyl adjacent to an activating group) is 1. The van der Waals surface area contributed by atoms with Gasteiger partial charge in [0.1, 0.15) is 13.2 Å². The lowest BCUT2D eigenvalue weighted by Gasteiger charge is -2.30. The zero-order chi connectivity index (χ0) is 37.9. The third kappa shape index (κ3) is 36.4. The number of nitrogens with zero attached hydrogens (tertiary/aromatic N) is 1. The molecule has 0 aliphatic heterocycles. The van der Waals surface area contributed by atoms with Gasteiger partial charge in [-0.1, -0.05) is 145 Å². The lowest BCUT2D eigenvalue weighted by atomic mass is 10.0. The number of unbranched alkanes of at least 4 members (excludes halogenated alkanes) is 12. The summed E-state index contributed by atoms with van der Waals surface area (Å²) in [5, 5.41) is 13.8. The van der Waals surface area contributed by atoms with E-state index in [0.717, 1.165) is 89.9 Å². The molecule has 0 rings (SSSR count). The van der Waals surface area contributed by atoms with Gasteiger partial charge in [-0.15, -0.1) is 0 Å². The number of rotatable bonds is 35. The van der Waals surface area contributed by atoms with E-state index >= 15 is 0 Å². The number of phosphoric acid groups is 1. The molecule has 0 saturated heterocycles. The Balaban J connectivity index is 4.36. The van der Waals surface area contributed by atoms with Crippen LogP contribution in [0.3, 0.4) is 0 Å². The Morgan fingerprint density at radius 3 is 1.75 bits per heavy atom. The van der Waals surface area contributed by atoms with Gasteiger partial charge >= 0.3 is 0 Å². The van der Waals surface area contributed by atoms with Crippen LogP contribution in [-0.2, 0) is 18.4 Å². The third-order valence-electron chi connectivity index (χ3n) is 8.52. The fourth-order valence-corrected chi connectivity index (χ4v) is 6.02. The largest absolute Gasteiger partial charge is 0.756 e. The third-order valence-corrected chi connectivity index (χ3v) is 9.48. The van der Waals surface area contributed by atoms with Crippen molar-refractivity contribution in [1.29, 1.82) is 0 Å². The van der Waals surface area contributed by atoms with Crippen molar-refractivity contribution in [3.63, 3.8) is 0 Å². The number of hydrogen-bond donors (Lipinski definition) is 2. The number of carbonyl (C=O) groups excluding carboxylic acids is 1. The minimum absolute atomic E-state index is 0.00440. The van der Waals surface area contributed by atoms with Crippen LogP contribution in [0.4, 0.5) is 0 Å². The SMILES string of the molecule is CC/C=C\C/C=C\C/C=C\C/C=C\C/C=C\CCCCCCCC(=O)NC(COP(=O)([O-])OCC[N+](C)(C)C)C(O)CCCCCCCCCC. The molecular weight excluding hydrogens is 659 g/mol. The van der Waals surface area contributed by atoms with E-state index in [2.05, 4.69) is 79.9 Å². The van der Waals surface area contributed by atoms with Crippen molar-refractivity contribution in [3.8, 4) is 0 Å². The number of amides is 1. The Kier molecular flexibility index (Phi) is 32.8. The Morgan fingerprint density at radius 2 is 1.20 bits per heavy atom. The molecule has 0 saturated carbocycles. The molecule has 1 amide bonds. The molecule has 2 N–H and O–H groups in total. The van der Waals surface area contributed by atoms with Crippen LogP contribution in [0.2, 0.25) is 0 Å². The fourth-order valence-electron chi connectivity index (χ4n) is 5.30. The Labute approximate surface area is 313 Å². The Bertz CT molecular complexity index is 1020. The monoisotopic (exact) mass is 737 g/mol. The maximum atomic E-state index is 12.8. The van der Waals surface area contributed by atoms with Crippen LogP contribution in [0.15, 0.2) is 60.8 Å². The van der Waals surface area contributed by atoms with Crippen LogP contribution in [0.25, 0.3) is 0 Å². The van der Waals surface area contributed by atoms with Crippen molar-refractivity contribution >= 4 is 13.7 Å². The van der Waals surface area contributed by atoms with Crippen molar-refractivity contribution in [2.45, 2.75) is 161 Å². The van der Waals surface area contributed by atoms with Gasteiger partial charge in [-0.3, -0.25) is 9.36 Å². The van der Waals surface area contributed by atoms with Crippen molar-refractivity contribution in [1.82, 2.24) is 5.32 Å². The van der Waals surface area contributed by atoms with Crippen LogP contribution in [0, 0.1) is 0 Å². The van der Waals surface area contributed by atoms with E-state index in [9.17, 15) is 19.4 Å². The van der Waals surface area contributed by atoms with Gasteiger partial charge in [-0.05, 0) is 57.8 Å². The average molecular weight is 737 g/mol. The smallest absolute Gasteiger partial charge is 0.268 e. The second kappa shape index (κ2) is 34.0. The van der Waals surface area contributed by atoms with Crippen LogP contribution >= 0.6 is 7.82 Å². The summed E-state index contributed by atoms with van der Waals surface area (Å²) in [6, 6.07) is -0.810. The van der Waals surface area contributed by atoms with E-state index in [1.54, 1.807) is 0 Å². The lowest BCUT2D eigenvalue weighted by Crippen LogP contribution is -2.46. The standard InChI is InChI=1S/C42H77N2O6P/c1-6-8-10-12-14-16-17-18-19-20-21-22-23-24-25-26-27-28-30-32-34-36-42(46)43-40(39-50-51(47,48)49-38-37-44(3,4)5)41(45)35-33-31-29-15-13-11-9-7-2/h8,10,14,16,18-19,21-22,24-25,40-41,45H,6-7,9,11-13,15,17,20,23,26-39H2,1-5H3,(H-,43,46,47,48)/b10-8-,16-14-,19-18-,22-21-,25-24-. The fraction of sp³-hybridized carbons (Fsp3) is 0.738. The predicted octanol–water partition coefficient (Wildman–Crippen LogP) is 10.1. The summed E-state index contributed by atoms with van der Waals surface area (Å²) in [6.07, 6.45) is 42.3. The summed E-state index contributed by atoms with van der Waals surface area (Å²) in [4.78, 5) is 25.2. The van der Waals surface area contributed by atoms with Gasteiger partial charge in [0, 0.05) is 6.42 Å². The molecule has 0 aliphatic carbocycles. The molecule has 8 nitrogen and oxygen atoms in total. The minimum Gasteiger partial charge on any atom is -0.756 e. The molecule has 0 aromatic carbocycles. The van der Waals surface area contributed by atoms with Gasteiger partial charge in [-0.2, -0.15) is 0 Å². The molecule has 0 aromatic rings. The number of nitrogens with one attached hydrogen (secondary N) is 1. The number of carbonyl (C=O) groups is 1. The first-order valence-electron chi connectivity index (χ1n) is 20.1. The molecule has 0 fully saturated rings. The summed E-state index contributed by atoms with van der Waals surface area (Å²) in [5.74, 6) is -0.191. The topological polar surface area (TPSA) is 108 Å². The zero-order valence-electron chi connectivity index (χ0n) is 33.3. The molecule has 296 valence electrons. The van der Waals surface area contributed by atoms with Crippen molar-refractivity contribution in [3.05, 3.63) is 60.8 Å². The van der Waals surface area contributed by atoms with Crippen LogP contribution in [-0.4, -0.2) is 68.5 Å². The predicted molar refractivity (Wildman–Crippen MR) is 214 cm³/mol. The molecule has 51 heavy (non-hydrogen) atoms. The van der Waals surface area contributed by atoms with E-state index in [4.69, 9.17) is 9.05 Å². The average Bonchev–Trinajstić information content (AvgIpc) is 3.07. The highest BCUT2D eigenvalue weighted by Gasteiger charge is 2.24. The molecule has 0 spiro atoms. The lowest BCUT2D eigenvalue weighted by molar-refractivity contribution is -0.870. The number of quaternary nitrogens is 1. The van der Waals surface area contributed by atoms with Crippen molar-refractivity contribution in [2.24, 2.45) is 0 Å². The summed E-state index contributed by atoms with van der Waals surface area (Å²) in [5.41, 5.74) is 0. The maximum absolute atomic E-state index is 12.8. The molecule has 0 bridgehead atoms. The normalized spacial score (nSPS) is 15.2. The highest BCUT2D eigenvalue weighted by Crippen LogP contribution is 2.38. The van der Waals surface area contributed by atoms with E-state index in [1.165, 1.54) is 32.1 Å². The first kappa shape index (κ1) is 49.2. The van der Waals surface area contributed by atoms with Gasteiger partial charge in [-0.25, -0.2) is 0 Å². The van der Waals surface area contributed by atoms with Gasteiger partial charge in [0.2, 0.25) is 5.91 Å². The molecule has 0 heterocycles. The second-order valence-electron chi connectivity index (χ2n) is 14.6. The second-order valence-corrected chi connectivity index (χ2v) is 16.0. The van der Waals surface area contributed by atoms with E-state index < -0.39 is 20.0 Å². The van der Waals surface area contributed by atoms with Gasteiger partial charge in [0.05, 0.1) is 39.9 Å². The first-order chi connectivity index (χ1) is 24.5. The number of aliphatic hydroxyl groups excluding tert-OH is 1. The van der Waals surface area contributed by atoms with Crippen molar-refractivity contribution in [2.75, 3.05) is 40.9 Å². The Morgan fingerprint density at radius 1 is 0.706 bits per heavy atom. The molecule has 0 aliphatic rings. The van der Waals surface area contributed by atoms with Crippen LogP contribution < -0.4 is 10.2 Å². The highest BCUT2D eigenvalue weighted by atomic mass is 31.2. The molecule has 9 heteroatoms. The van der Waals surface area contributed by atoms with E-state index in [0.29, 0.717) is 23.9 Å². The van der Waals surface area contributed by atoms with Gasteiger partial charge in [0.25, 0.3) is 7.82 Å². The minimum atomic E-state index is -4.56. The number of phosphoric ester groups is 1. The molecule has 3 atom stereocenters. The maximum Gasteiger partial charge on any atom is 0.268 e. The first-order valence-corrected chi connectivity index (χ1v) is 21.6. The van der Waals surface area contributed by atoms with Crippen molar-refractivity contribution < 1.29 is 32.9 Å². The van der Waals surface area contributed by atoms with Gasteiger partial charge in [0.15, 0.2) is 0 Å². The Hall–Kier alpha value is -1.80. The summed E-state index contributed by atoms with van der Waals surface area (Å²) in [7, 11) is 1.27. The molecule has 0 aromatic heterocycles. The summed E-state index contributed by atoms with van der Waals surface area (Å²) >= 11 is 0. The van der Waals surface area contributed by atoms with E-state index in [-0.39, 0.29) is 19.1 Å². The zero-order valence-corrected chi connectivity index (χ0v) is 34.2. The van der Waals surface area contributed by atoms with Gasteiger partial charge < -0.3 is 28.8 Å². The number of hydrogen-bond acceptors (Lipinski definition) is 6. The summed E-state index contributed by atoms with van der Waals surface area (Å²) in [6.45, 7) is 4.52. The highest BCUT2D eigenvalue weighted by molar-refractivity contribution is 7.45. The molecular formula is C42H77N2O6P. The van der Waals surface area contributed by atoms with Crippen LogP contribution in [0.1, 0.15) is 149 Å². The van der Waals surface area contributed by atoms with Crippen LogP contribution in [0.5, 0.6) is 0 Å². The molecule has 3 unspecified atom stereocenters. The van der Waals surface area contributed by atoms with E-state index in [1.807, 2.05) is 21.1 Å². The number of allylic oxidation sites excluding steroid dienone is 10. The molecule has 0 radical (unpaired) electrons. The quantitative estimate of drug-likeness (QED) is 0.0290.